The number of hydrogen-bond acceptors (Lipinski definition) is 1. The molecule has 0 bridgehead atoms. The van der Waals surface area contributed by atoms with Crippen LogP contribution in [0.1, 0.15) is 26.3 Å². The van der Waals surface area contributed by atoms with Crippen molar-refractivity contribution in [2.24, 2.45) is 0 Å². The van der Waals surface area contributed by atoms with Crippen LogP contribution in [0, 0.1) is 0 Å². The van der Waals surface area contributed by atoms with E-state index in [1.165, 1.54) is 16.9 Å². The van der Waals surface area contributed by atoms with Gasteiger partial charge in [0.05, 0.1) is 0 Å². The van der Waals surface area contributed by atoms with E-state index in [0.717, 1.165) is 0 Å². The molecule has 2 aromatic carbocycles. The van der Waals surface area contributed by atoms with E-state index in [2.05, 4.69) is 81.2 Å². The van der Waals surface area contributed by atoms with E-state index in [1.54, 1.807) is 0 Å². The lowest BCUT2D eigenvalue weighted by molar-refractivity contribution is 0.590. The number of hydrogen-bond donors (Lipinski definition) is 0. The molecule has 0 atom stereocenters. The van der Waals surface area contributed by atoms with E-state index in [1.807, 2.05) is 6.07 Å². The lowest BCUT2D eigenvalue weighted by Gasteiger charge is -2.28. The van der Waals surface area contributed by atoms with Gasteiger partial charge in [-0.1, -0.05) is 57.2 Å². The molecular formula is C17H21N. The molecule has 0 saturated carbocycles. The molecule has 0 aliphatic rings. The third-order valence-corrected chi connectivity index (χ3v) is 3.22. The number of anilines is 2. The van der Waals surface area contributed by atoms with E-state index in [4.69, 9.17) is 0 Å². The first-order chi connectivity index (χ1) is 8.50. The first kappa shape index (κ1) is 12.7. The Morgan fingerprint density at radius 3 is 1.94 bits per heavy atom. The standard InChI is InChI=1S/C17H21N/c1-17(2,3)15-12-8-9-13-16(15)18(4)14-10-6-5-7-11-14/h5-13H,1-4H3. The SMILES string of the molecule is CN(c1ccccc1)c1ccccc1C(C)(C)C. The molecule has 1 heteroatoms. The molecule has 0 aliphatic heterocycles. The Morgan fingerprint density at radius 2 is 1.33 bits per heavy atom. The van der Waals surface area contributed by atoms with Gasteiger partial charge in [0.15, 0.2) is 0 Å². The highest BCUT2D eigenvalue weighted by Gasteiger charge is 2.19. The Balaban J connectivity index is 2.46. The summed E-state index contributed by atoms with van der Waals surface area (Å²) < 4.78 is 0. The van der Waals surface area contributed by atoms with Crippen LogP contribution in [0.2, 0.25) is 0 Å². The molecule has 0 radical (unpaired) electrons. The second-order valence-corrected chi connectivity index (χ2v) is 5.66. The average Bonchev–Trinajstić information content (AvgIpc) is 2.38. The first-order valence-corrected chi connectivity index (χ1v) is 6.38. The predicted molar refractivity (Wildman–Crippen MR) is 79.6 cm³/mol. The third kappa shape index (κ3) is 2.56. The zero-order chi connectivity index (χ0) is 13.2. The minimum atomic E-state index is 0.152. The van der Waals surface area contributed by atoms with Crippen molar-refractivity contribution in [3.63, 3.8) is 0 Å². The molecule has 1 nitrogen and oxygen atoms in total. The van der Waals surface area contributed by atoms with Gasteiger partial charge in [-0.15, -0.1) is 0 Å². The Labute approximate surface area is 110 Å². The second-order valence-electron chi connectivity index (χ2n) is 5.66. The highest BCUT2D eigenvalue weighted by atomic mass is 15.1. The molecule has 0 aromatic heterocycles. The molecule has 0 unspecified atom stereocenters. The summed E-state index contributed by atoms with van der Waals surface area (Å²) in [5.74, 6) is 0. The first-order valence-electron chi connectivity index (χ1n) is 6.38. The van der Waals surface area contributed by atoms with Crippen LogP contribution in [0.25, 0.3) is 0 Å². The van der Waals surface area contributed by atoms with Gasteiger partial charge >= 0.3 is 0 Å². The average molecular weight is 239 g/mol. The van der Waals surface area contributed by atoms with E-state index < -0.39 is 0 Å². The highest BCUT2D eigenvalue weighted by Crippen LogP contribution is 2.34. The number of para-hydroxylation sites is 2. The second kappa shape index (κ2) is 4.85. The van der Waals surface area contributed by atoms with E-state index in [9.17, 15) is 0 Å². The van der Waals surface area contributed by atoms with Gasteiger partial charge in [-0.25, -0.2) is 0 Å². The van der Waals surface area contributed by atoms with E-state index in [0.29, 0.717) is 0 Å². The Bertz CT molecular complexity index is 509. The molecule has 0 saturated heterocycles. The van der Waals surface area contributed by atoms with Gasteiger partial charge in [0, 0.05) is 18.4 Å². The molecule has 18 heavy (non-hydrogen) atoms. The van der Waals surface area contributed by atoms with E-state index >= 15 is 0 Å². The van der Waals surface area contributed by atoms with Crippen LogP contribution in [-0.4, -0.2) is 7.05 Å². The summed E-state index contributed by atoms with van der Waals surface area (Å²) in [5, 5.41) is 0. The summed E-state index contributed by atoms with van der Waals surface area (Å²) in [4.78, 5) is 2.25. The number of benzene rings is 2. The summed E-state index contributed by atoms with van der Waals surface area (Å²) >= 11 is 0. The van der Waals surface area contributed by atoms with Gasteiger partial charge < -0.3 is 4.90 Å². The molecule has 2 aromatic rings. The number of nitrogens with zero attached hydrogens (tertiary/aromatic N) is 1. The van der Waals surface area contributed by atoms with Crippen molar-refractivity contribution in [1.82, 2.24) is 0 Å². The van der Waals surface area contributed by atoms with Crippen molar-refractivity contribution in [3.8, 4) is 0 Å². The van der Waals surface area contributed by atoms with Crippen molar-refractivity contribution >= 4 is 11.4 Å². The van der Waals surface area contributed by atoms with Crippen LogP contribution in [0.3, 0.4) is 0 Å². The van der Waals surface area contributed by atoms with Gasteiger partial charge in [-0.05, 0) is 29.2 Å². The van der Waals surface area contributed by atoms with Crippen LogP contribution in [0.15, 0.2) is 54.6 Å². The van der Waals surface area contributed by atoms with Gasteiger partial charge in [0.2, 0.25) is 0 Å². The smallest absolute Gasteiger partial charge is 0.0446 e. The van der Waals surface area contributed by atoms with Crippen molar-refractivity contribution in [2.75, 3.05) is 11.9 Å². The highest BCUT2D eigenvalue weighted by molar-refractivity contribution is 5.66. The molecule has 0 aliphatic carbocycles. The topological polar surface area (TPSA) is 3.24 Å². The molecule has 0 N–H and O–H groups in total. The molecule has 0 heterocycles. The van der Waals surface area contributed by atoms with E-state index in [-0.39, 0.29) is 5.41 Å². The lowest BCUT2D eigenvalue weighted by atomic mass is 9.85. The quantitative estimate of drug-likeness (QED) is 0.731. The van der Waals surface area contributed by atoms with Crippen LogP contribution in [-0.2, 0) is 5.41 Å². The zero-order valence-electron chi connectivity index (χ0n) is 11.6. The lowest BCUT2D eigenvalue weighted by Crippen LogP contribution is -2.18. The maximum absolute atomic E-state index is 2.25. The minimum absolute atomic E-state index is 0.152. The Kier molecular flexibility index (Phi) is 3.42. The van der Waals surface area contributed by atoms with Crippen LogP contribution in [0.4, 0.5) is 11.4 Å². The van der Waals surface area contributed by atoms with Gasteiger partial charge in [-0.3, -0.25) is 0 Å². The summed E-state index contributed by atoms with van der Waals surface area (Å²) in [5.41, 5.74) is 4.02. The van der Waals surface area contributed by atoms with Gasteiger partial charge in [0.25, 0.3) is 0 Å². The summed E-state index contributed by atoms with van der Waals surface area (Å²) in [6.07, 6.45) is 0. The predicted octanol–water partition coefficient (Wildman–Crippen LogP) is 4.75. The molecule has 0 spiro atoms. The van der Waals surface area contributed by atoms with Crippen LogP contribution < -0.4 is 4.90 Å². The van der Waals surface area contributed by atoms with Crippen LogP contribution >= 0.6 is 0 Å². The third-order valence-electron chi connectivity index (χ3n) is 3.22. The van der Waals surface area contributed by atoms with Crippen molar-refractivity contribution in [1.29, 1.82) is 0 Å². The van der Waals surface area contributed by atoms with Gasteiger partial charge in [0.1, 0.15) is 0 Å². The largest absolute Gasteiger partial charge is 0.344 e. The zero-order valence-corrected chi connectivity index (χ0v) is 11.6. The fraction of sp³-hybridized carbons (Fsp3) is 0.294. The molecular weight excluding hydrogens is 218 g/mol. The normalized spacial score (nSPS) is 11.3. The fourth-order valence-electron chi connectivity index (χ4n) is 2.19. The maximum Gasteiger partial charge on any atom is 0.0446 e. The van der Waals surface area contributed by atoms with Crippen molar-refractivity contribution in [3.05, 3.63) is 60.2 Å². The Morgan fingerprint density at radius 1 is 0.778 bits per heavy atom. The summed E-state index contributed by atoms with van der Waals surface area (Å²) in [6, 6.07) is 19.1. The minimum Gasteiger partial charge on any atom is -0.344 e. The fourth-order valence-corrected chi connectivity index (χ4v) is 2.19. The maximum atomic E-state index is 2.25. The molecule has 2 rings (SSSR count). The van der Waals surface area contributed by atoms with Crippen LogP contribution in [0.5, 0.6) is 0 Å². The van der Waals surface area contributed by atoms with Crippen molar-refractivity contribution in [2.45, 2.75) is 26.2 Å². The molecule has 0 amide bonds. The monoisotopic (exact) mass is 239 g/mol. The Hall–Kier alpha value is -1.76. The van der Waals surface area contributed by atoms with Gasteiger partial charge in [-0.2, -0.15) is 0 Å². The number of rotatable bonds is 2. The van der Waals surface area contributed by atoms with Crippen molar-refractivity contribution < 1.29 is 0 Å². The summed E-state index contributed by atoms with van der Waals surface area (Å²) in [6.45, 7) is 6.76. The summed E-state index contributed by atoms with van der Waals surface area (Å²) in [7, 11) is 2.12. The molecule has 94 valence electrons. The molecule has 0 fully saturated rings.